The molecule has 1 aromatic rings. The summed E-state index contributed by atoms with van der Waals surface area (Å²) in [5.74, 6) is -0.676. The molecular formula is C21H30N2O4. The first-order valence-corrected chi connectivity index (χ1v) is 9.81. The van der Waals surface area contributed by atoms with Gasteiger partial charge in [0.15, 0.2) is 0 Å². The number of anilines is 1. The van der Waals surface area contributed by atoms with E-state index in [1.807, 2.05) is 32.0 Å². The molecule has 0 radical (unpaired) electrons. The van der Waals surface area contributed by atoms with Crippen LogP contribution in [-0.4, -0.2) is 23.8 Å². The summed E-state index contributed by atoms with van der Waals surface area (Å²) in [6.45, 7) is 3.81. The monoisotopic (exact) mass is 374 g/mol. The van der Waals surface area contributed by atoms with Crippen LogP contribution in [0, 0.1) is 5.92 Å². The van der Waals surface area contributed by atoms with Crippen molar-refractivity contribution >= 4 is 23.5 Å². The van der Waals surface area contributed by atoms with E-state index in [2.05, 4.69) is 10.6 Å². The maximum atomic E-state index is 12.5. The Morgan fingerprint density at radius 3 is 2.26 bits per heavy atom. The minimum Gasteiger partial charge on any atom is -0.459 e. The smallest absolute Gasteiger partial charge is 0.329 e. The maximum Gasteiger partial charge on any atom is 0.329 e. The minimum absolute atomic E-state index is 0.0324. The molecule has 6 heteroatoms. The van der Waals surface area contributed by atoms with Crippen molar-refractivity contribution in [2.24, 2.45) is 5.92 Å². The third-order valence-corrected chi connectivity index (χ3v) is 4.71. The summed E-state index contributed by atoms with van der Waals surface area (Å²) < 4.78 is 5.45. The fourth-order valence-corrected chi connectivity index (χ4v) is 3.06. The van der Waals surface area contributed by atoms with Gasteiger partial charge in [0.2, 0.25) is 11.8 Å². The van der Waals surface area contributed by atoms with Crippen LogP contribution in [0.25, 0.3) is 0 Å². The topological polar surface area (TPSA) is 84.5 Å². The molecule has 0 saturated carbocycles. The van der Waals surface area contributed by atoms with Gasteiger partial charge in [0.25, 0.3) is 0 Å². The average Bonchev–Trinajstić information content (AvgIpc) is 2.63. The van der Waals surface area contributed by atoms with Crippen LogP contribution in [0.1, 0.15) is 64.4 Å². The highest BCUT2D eigenvalue weighted by atomic mass is 16.5. The summed E-state index contributed by atoms with van der Waals surface area (Å²) in [6, 6.07) is 6.62. The van der Waals surface area contributed by atoms with Gasteiger partial charge in [-0.3, -0.25) is 9.59 Å². The average molecular weight is 374 g/mol. The molecule has 0 spiro atoms. The fourth-order valence-electron chi connectivity index (χ4n) is 3.06. The van der Waals surface area contributed by atoms with Gasteiger partial charge in [-0.15, -0.1) is 0 Å². The lowest BCUT2D eigenvalue weighted by atomic mass is 10.0. The Morgan fingerprint density at radius 2 is 1.56 bits per heavy atom. The quantitative estimate of drug-likeness (QED) is 0.736. The zero-order chi connectivity index (χ0) is 19.6. The van der Waals surface area contributed by atoms with E-state index in [1.54, 1.807) is 6.07 Å². The number of para-hydroxylation sites is 1. The summed E-state index contributed by atoms with van der Waals surface area (Å²) in [6.07, 6.45) is 5.37. The van der Waals surface area contributed by atoms with E-state index in [0.717, 1.165) is 37.7 Å². The number of fused-ring (bicyclic) bond motifs is 1. The Hall–Kier alpha value is -2.37. The van der Waals surface area contributed by atoms with Crippen molar-refractivity contribution in [3.05, 3.63) is 29.8 Å². The van der Waals surface area contributed by atoms with Crippen LogP contribution in [0.15, 0.2) is 24.3 Å². The molecule has 1 aromatic carbocycles. The second-order valence-corrected chi connectivity index (χ2v) is 7.37. The molecule has 2 N–H and O–H groups in total. The van der Waals surface area contributed by atoms with Crippen molar-refractivity contribution < 1.29 is 19.1 Å². The SMILES string of the molecule is CC(C)[C@@H]1NC(=O)CCCCCCCC(=O)Nc2ccccc2COC1=O. The largest absolute Gasteiger partial charge is 0.459 e. The van der Waals surface area contributed by atoms with Gasteiger partial charge in [0.1, 0.15) is 12.6 Å². The van der Waals surface area contributed by atoms with Crippen molar-refractivity contribution in [3.8, 4) is 0 Å². The molecule has 148 valence electrons. The van der Waals surface area contributed by atoms with Gasteiger partial charge in [-0.1, -0.05) is 51.3 Å². The number of amides is 2. The zero-order valence-corrected chi connectivity index (χ0v) is 16.3. The molecule has 0 saturated heterocycles. The van der Waals surface area contributed by atoms with Gasteiger partial charge < -0.3 is 15.4 Å². The third-order valence-electron chi connectivity index (χ3n) is 4.71. The van der Waals surface area contributed by atoms with Crippen LogP contribution in [0.2, 0.25) is 0 Å². The molecule has 1 aliphatic rings. The second-order valence-electron chi connectivity index (χ2n) is 7.37. The number of nitrogens with one attached hydrogen (secondary N) is 2. The molecule has 1 atom stereocenters. The molecule has 0 bridgehead atoms. The zero-order valence-electron chi connectivity index (χ0n) is 16.3. The number of hydrogen-bond acceptors (Lipinski definition) is 4. The van der Waals surface area contributed by atoms with Gasteiger partial charge >= 0.3 is 5.97 Å². The first kappa shape index (κ1) is 20.9. The molecule has 1 aliphatic heterocycles. The van der Waals surface area contributed by atoms with E-state index in [-0.39, 0.29) is 24.3 Å². The van der Waals surface area contributed by atoms with Crippen molar-refractivity contribution in [2.45, 2.75) is 71.4 Å². The highest BCUT2D eigenvalue weighted by Gasteiger charge is 2.25. The number of benzene rings is 1. The Kier molecular flexibility index (Phi) is 8.30. The number of hydrogen-bond donors (Lipinski definition) is 2. The van der Waals surface area contributed by atoms with E-state index in [0.29, 0.717) is 18.5 Å². The van der Waals surface area contributed by atoms with E-state index < -0.39 is 12.0 Å². The van der Waals surface area contributed by atoms with Gasteiger partial charge in [-0.05, 0) is 24.8 Å². The number of esters is 1. The van der Waals surface area contributed by atoms with Crippen LogP contribution < -0.4 is 10.6 Å². The Labute approximate surface area is 161 Å². The van der Waals surface area contributed by atoms with Crippen molar-refractivity contribution in [1.82, 2.24) is 5.32 Å². The first-order chi connectivity index (χ1) is 13.0. The van der Waals surface area contributed by atoms with E-state index in [1.165, 1.54) is 0 Å². The number of cyclic esters (lactones) is 1. The van der Waals surface area contributed by atoms with Crippen LogP contribution in [0.5, 0.6) is 0 Å². The predicted molar refractivity (Wildman–Crippen MR) is 104 cm³/mol. The molecular weight excluding hydrogens is 344 g/mol. The number of carbonyl (C=O) groups is 3. The van der Waals surface area contributed by atoms with Gasteiger partial charge in [0.05, 0.1) is 0 Å². The van der Waals surface area contributed by atoms with Gasteiger partial charge in [-0.2, -0.15) is 0 Å². The number of rotatable bonds is 1. The fraction of sp³-hybridized carbons (Fsp3) is 0.571. The molecule has 0 aliphatic carbocycles. The first-order valence-electron chi connectivity index (χ1n) is 9.81. The van der Waals surface area contributed by atoms with Crippen LogP contribution >= 0.6 is 0 Å². The molecule has 2 rings (SSSR count). The molecule has 1 heterocycles. The summed E-state index contributed by atoms with van der Waals surface area (Å²) in [7, 11) is 0. The summed E-state index contributed by atoms with van der Waals surface area (Å²) in [5.41, 5.74) is 1.39. The lowest BCUT2D eigenvalue weighted by molar-refractivity contribution is -0.150. The standard InChI is InChI=1S/C21H30N2O4/c1-15(2)20-21(26)27-14-16-10-8-9-11-17(16)22-18(24)12-6-4-3-5-7-13-19(25)23-20/h8-11,15,20H,3-7,12-14H2,1-2H3,(H,22,24)(H,23,25)/t20-/m0/s1. The predicted octanol–water partition coefficient (Wildman–Crippen LogP) is 3.55. The lowest BCUT2D eigenvalue weighted by Crippen LogP contribution is -2.45. The second kappa shape index (κ2) is 10.7. The summed E-state index contributed by atoms with van der Waals surface area (Å²) in [5, 5.41) is 5.72. The molecule has 0 aromatic heterocycles. The lowest BCUT2D eigenvalue weighted by Gasteiger charge is -2.21. The van der Waals surface area contributed by atoms with Crippen LogP contribution in [-0.2, 0) is 25.7 Å². The minimum atomic E-state index is -0.671. The Bertz CT molecular complexity index is 657. The van der Waals surface area contributed by atoms with Crippen molar-refractivity contribution in [3.63, 3.8) is 0 Å². The molecule has 27 heavy (non-hydrogen) atoms. The van der Waals surface area contributed by atoms with Crippen molar-refractivity contribution in [2.75, 3.05) is 5.32 Å². The summed E-state index contributed by atoms with van der Waals surface area (Å²) in [4.78, 5) is 36.8. The third kappa shape index (κ3) is 7.04. The molecule has 0 fully saturated rings. The van der Waals surface area contributed by atoms with Gasteiger partial charge in [-0.25, -0.2) is 4.79 Å². The molecule has 6 nitrogen and oxygen atoms in total. The number of carbonyl (C=O) groups excluding carboxylic acids is 3. The highest BCUT2D eigenvalue weighted by molar-refractivity contribution is 5.91. The van der Waals surface area contributed by atoms with E-state index in [9.17, 15) is 14.4 Å². The van der Waals surface area contributed by atoms with Gasteiger partial charge in [0, 0.05) is 24.1 Å². The van der Waals surface area contributed by atoms with Crippen molar-refractivity contribution in [1.29, 1.82) is 0 Å². The number of ether oxygens (including phenoxy) is 1. The van der Waals surface area contributed by atoms with Crippen LogP contribution in [0.4, 0.5) is 5.69 Å². The Morgan fingerprint density at radius 1 is 0.926 bits per heavy atom. The summed E-state index contributed by atoms with van der Waals surface area (Å²) >= 11 is 0. The van der Waals surface area contributed by atoms with E-state index in [4.69, 9.17) is 4.74 Å². The highest BCUT2D eigenvalue weighted by Crippen LogP contribution is 2.18. The normalized spacial score (nSPS) is 20.9. The molecule has 0 unspecified atom stereocenters. The van der Waals surface area contributed by atoms with Crippen LogP contribution in [0.3, 0.4) is 0 Å². The maximum absolute atomic E-state index is 12.5. The van der Waals surface area contributed by atoms with E-state index >= 15 is 0 Å². The Balaban J connectivity index is 2.13. The molecule has 2 amide bonds.